The minimum atomic E-state index is -3.81. The lowest BCUT2D eigenvalue weighted by atomic mass is 9.84. The zero-order valence-electron chi connectivity index (χ0n) is 13.8. The molecule has 0 radical (unpaired) electrons. The second kappa shape index (κ2) is 7.78. The monoisotopic (exact) mass is 367 g/mol. The predicted molar refractivity (Wildman–Crippen MR) is 92.1 cm³/mol. The summed E-state index contributed by atoms with van der Waals surface area (Å²) < 4.78 is 44.7. The highest BCUT2D eigenvalue weighted by Crippen LogP contribution is 2.33. The second-order valence-electron chi connectivity index (χ2n) is 6.28. The van der Waals surface area contributed by atoms with E-state index >= 15 is 0 Å². The lowest BCUT2D eigenvalue weighted by molar-refractivity contribution is 0.0206. The van der Waals surface area contributed by atoms with Crippen molar-refractivity contribution in [2.75, 3.05) is 26.3 Å². The Balaban J connectivity index is 1.89. The van der Waals surface area contributed by atoms with Gasteiger partial charge in [0, 0.05) is 5.92 Å². The van der Waals surface area contributed by atoms with E-state index in [1.54, 1.807) is 12.2 Å². The van der Waals surface area contributed by atoms with E-state index in [0.29, 0.717) is 5.92 Å². The summed E-state index contributed by atoms with van der Waals surface area (Å²) in [5, 5.41) is 12.3. The molecule has 1 aliphatic heterocycles. The van der Waals surface area contributed by atoms with Gasteiger partial charge in [-0.15, -0.1) is 0 Å². The fourth-order valence-corrected chi connectivity index (χ4v) is 4.74. The number of allylic oxidation sites excluding steroid dienone is 1. The molecule has 0 aromatic heterocycles. The van der Waals surface area contributed by atoms with Crippen LogP contribution in [0.3, 0.4) is 0 Å². The molecule has 1 aromatic carbocycles. The van der Waals surface area contributed by atoms with Gasteiger partial charge in [0.05, 0.1) is 29.1 Å². The summed E-state index contributed by atoms with van der Waals surface area (Å²) in [4.78, 5) is 0.0218. The van der Waals surface area contributed by atoms with Gasteiger partial charge >= 0.3 is 0 Å². The number of hydrogen-bond donors (Lipinski definition) is 2. The van der Waals surface area contributed by atoms with Gasteiger partial charge in [0.25, 0.3) is 0 Å². The first kappa shape index (κ1) is 18.3. The van der Waals surface area contributed by atoms with E-state index in [0.717, 1.165) is 25.6 Å². The highest BCUT2D eigenvalue weighted by Gasteiger charge is 2.33. The molecule has 3 rings (SSSR count). The third-order valence-electron chi connectivity index (χ3n) is 4.65. The number of rotatable bonds is 6. The Hall–Kier alpha value is -1.54. The summed E-state index contributed by atoms with van der Waals surface area (Å²) in [7, 11) is -3.81. The third-order valence-corrected chi connectivity index (χ3v) is 6.42. The van der Waals surface area contributed by atoms with Gasteiger partial charge in [-0.25, -0.2) is 12.8 Å². The Labute approximate surface area is 147 Å². The van der Waals surface area contributed by atoms with E-state index in [2.05, 4.69) is 5.32 Å². The molecule has 1 fully saturated rings. The molecule has 3 atom stereocenters. The van der Waals surface area contributed by atoms with Crippen LogP contribution in [0.2, 0.25) is 0 Å². The Morgan fingerprint density at radius 3 is 2.88 bits per heavy atom. The molecule has 1 saturated heterocycles. The quantitative estimate of drug-likeness (QED) is 0.800. The van der Waals surface area contributed by atoms with E-state index in [9.17, 15) is 12.8 Å². The van der Waals surface area contributed by atoms with Crippen LogP contribution in [0.15, 0.2) is 52.3 Å². The van der Waals surface area contributed by atoms with Crippen LogP contribution >= 0.6 is 0 Å². The molecule has 2 aliphatic rings. The van der Waals surface area contributed by atoms with Crippen LogP contribution in [0.4, 0.5) is 4.39 Å². The number of halogens is 1. The Bertz CT molecular complexity index is 769. The van der Waals surface area contributed by atoms with Crippen molar-refractivity contribution >= 4 is 9.84 Å². The van der Waals surface area contributed by atoms with Crippen molar-refractivity contribution in [3.05, 3.63) is 53.2 Å². The maximum atomic E-state index is 13.4. The minimum Gasteiger partial charge on any atom is -0.394 e. The first-order valence-corrected chi connectivity index (χ1v) is 9.84. The molecule has 0 bridgehead atoms. The van der Waals surface area contributed by atoms with Gasteiger partial charge in [0.15, 0.2) is 0 Å². The van der Waals surface area contributed by atoms with E-state index in [1.165, 1.54) is 18.2 Å². The zero-order chi connectivity index (χ0) is 17.9. The fraction of sp³-hybridized carbons (Fsp3) is 0.444. The molecule has 7 heteroatoms. The molecule has 25 heavy (non-hydrogen) atoms. The summed E-state index contributed by atoms with van der Waals surface area (Å²) in [5.74, 6) is -0.188. The fourth-order valence-electron chi connectivity index (χ4n) is 3.37. The van der Waals surface area contributed by atoms with Gasteiger partial charge < -0.3 is 15.2 Å². The van der Waals surface area contributed by atoms with Crippen LogP contribution in [0.25, 0.3) is 0 Å². The summed E-state index contributed by atoms with van der Waals surface area (Å²) in [6.45, 7) is 1.79. The van der Waals surface area contributed by atoms with E-state index in [-0.39, 0.29) is 28.9 Å². The SMILES string of the molecule is O=S(=O)(C1=CC(OCCO)C([C@@H]2CCNC2)C=C1)c1cccc(F)c1. The normalized spacial score (nSPS) is 26.6. The maximum absolute atomic E-state index is 13.4. The summed E-state index contributed by atoms with van der Waals surface area (Å²) in [6.07, 6.45) is 5.60. The van der Waals surface area contributed by atoms with E-state index in [1.807, 2.05) is 6.08 Å². The Kier molecular flexibility index (Phi) is 5.68. The molecule has 1 heterocycles. The largest absolute Gasteiger partial charge is 0.394 e. The number of hydrogen-bond acceptors (Lipinski definition) is 5. The second-order valence-corrected chi connectivity index (χ2v) is 8.23. The highest BCUT2D eigenvalue weighted by atomic mass is 32.2. The Morgan fingerprint density at radius 2 is 2.20 bits per heavy atom. The van der Waals surface area contributed by atoms with Gasteiger partial charge in [-0.1, -0.05) is 12.1 Å². The van der Waals surface area contributed by atoms with Crippen molar-refractivity contribution in [2.24, 2.45) is 11.8 Å². The number of aliphatic hydroxyl groups is 1. The van der Waals surface area contributed by atoms with Crippen molar-refractivity contribution in [1.29, 1.82) is 0 Å². The number of sulfone groups is 1. The molecule has 1 aliphatic carbocycles. The molecule has 0 saturated carbocycles. The molecule has 5 nitrogen and oxygen atoms in total. The molecule has 2 unspecified atom stereocenters. The minimum absolute atomic E-state index is 0.0491. The zero-order valence-corrected chi connectivity index (χ0v) is 14.6. The van der Waals surface area contributed by atoms with Crippen LogP contribution in [-0.4, -0.2) is 45.9 Å². The van der Waals surface area contributed by atoms with Crippen LogP contribution in [0.5, 0.6) is 0 Å². The van der Waals surface area contributed by atoms with Gasteiger partial charge in [0.2, 0.25) is 9.84 Å². The third kappa shape index (κ3) is 4.00. The molecular formula is C18H22FNO4S. The average molecular weight is 367 g/mol. The predicted octanol–water partition coefficient (Wildman–Crippen LogP) is 1.66. The average Bonchev–Trinajstić information content (AvgIpc) is 3.14. The highest BCUT2D eigenvalue weighted by molar-refractivity contribution is 7.95. The van der Waals surface area contributed by atoms with Crippen molar-refractivity contribution in [3.63, 3.8) is 0 Å². The molecule has 0 spiro atoms. The summed E-state index contributed by atoms with van der Waals surface area (Å²) in [5.41, 5.74) is 0. The lowest BCUT2D eigenvalue weighted by Gasteiger charge is -2.30. The van der Waals surface area contributed by atoms with Gasteiger partial charge in [-0.2, -0.15) is 0 Å². The topological polar surface area (TPSA) is 75.6 Å². The molecule has 0 amide bonds. The van der Waals surface area contributed by atoms with Crippen molar-refractivity contribution < 1.29 is 22.7 Å². The summed E-state index contributed by atoms with van der Waals surface area (Å²) >= 11 is 0. The van der Waals surface area contributed by atoms with Gasteiger partial charge in [0.1, 0.15) is 5.82 Å². The van der Waals surface area contributed by atoms with Crippen molar-refractivity contribution in [1.82, 2.24) is 5.32 Å². The number of aliphatic hydroxyl groups excluding tert-OH is 1. The van der Waals surface area contributed by atoms with Crippen molar-refractivity contribution in [2.45, 2.75) is 17.4 Å². The molecule has 136 valence electrons. The van der Waals surface area contributed by atoms with Crippen LogP contribution < -0.4 is 5.32 Å². The van der Waals surface area contributed by atoms with Gasteiger partial charge in [-0.05, 0) is 55.8 Å². The first-order chi connectivity index (χ1) is 12.0. The van der Waals surface area contributed by atoms with Crippen molar-refractivity contribution in [3.8, 4) is 0 Å². The molecule has 2 N–H and O–H groups in total. The maximum Gasteiger partial charge on any atom is 0.206 e. The standard InChI is InChI=1S/C18H22FNO4S/c19-14-2-1-3-15(10-14)25(22,23)16-4-5-17(13-6-7-20-12-13)18(11-16)24-9-8-21/h1-5,10-11,13,17-18,20-21H,6-9,12H2/t13-,17?,18?/m1/s1. The number of nitrogens with one attached hydrogen (secondary N) is 1. The molecular weight excluding hydrogens is 345 g/mol. The summed E-state index contributed by atoms with van der Waals surface area (Å²) in [6, 6.07) is 4.98. The smallest absolute Gasteiger partial charge is 0.206 e. The van der Waals surface area contributed by atoms with E-state index < -0.39 is 21.8 Å². The van der Waals surface area contributed by atoms with Gasteiger partial charge in [-0.3, -0.25) is 0 Å². The number of ether oxygens (including phenoxy) is 1. The Morgan fingerprint density at radius 1 is 1.36 bits per heavy atom. The van der Waals surface area contributed by atoms with Crippen LogP contribution in [-0.2, 0) is 14.6 Å². The first-order valence-electron chi connectivity index (χ1n) is 8.36. The molecule has 1 aromatic rings. The lowest BCUT2D eigenvalue weighted by Crippen LogP contribution is -2.32. The van der Waals surface area contributed by atoms with E-state index in [4.69, 9.17) is 9.84 Å². The van der Waals surface area contributed by atoms with Crippen LogP contribution in [0.1, 0.15) is 6.42 Å². The number of benzene rings is 1. The van der Waals surface area contributed by atoms with Crippen LogP contribution in [0, 0.1) is 17.7 Å².